The monoisotopic (exact) mass is 239 g/mol. The van der Waals surface area contributed by atoms with Gasteiger partial charge < -0.3 is 10.3 Å². The number of nitrogens with zero attached hydrogens (tertiary/aromatic N) is 3. The summed E-state index contributed by atoms with van der Waals surface area (Å²) in [6.07, 6.45) is 5.47. The highest BCUT2D eigenvalue weighted by molar-refractivity contribution is 5.97. The summed E-state index contributed by atoms with van der Waals surface area (Å²) in [5, 5.41) is 4.28. The van der Waals surface area contributed by atoms with E-state index < -0.39 is 0 Å². The van der Waals surface area contributed by atoms with E-state index >= 15 is 0 Å². The Labute approximate surface area is 104 Å². The number of anilines is 1. The van der Waals surface area contributed by atoms with Crippen LogP contribution in [0.5, 0.6) is 0 Å². The molecule has 0 unspecified atom stereocenters. The van der Waals surface area contributed by atoms with Gasteiger partial charge in [-0.1, -0.05) is 0 Å². The van der Waals surface area contributed by atoms with E-state index in [4.69, 9.17) is 0 Å². The van der Waals surface area contributed by atoms with Crippen LogP contribution in [0.25, 0.3) is 22.3 Å². The van der Waals surface area contributed by atoms with Gasteiger partial charge in [0, 0.05) is 36.6 Å². The molecule has 0 saturated carbocycles. The highest BCUT2D eigenvalue weighted by Gasteiger charge is 2.11. The number of pyridine rings is 1. The van der Waals surface area contributed by atoms with E-state index in [9.17, 15) is 0 Å². The van der Waals surface area contributed by atoms with Gasteiger partial charge in [0.25, 0.3) is 0 Å². The molecule has 0 amide bonds. The molecule has 3 aromatic rings. The average molecular weight is 239 g/mol. The quantitative estimate of drug-likeness (QED) is 0.720. The van der Waals surface area contributed by atoms with Gasteiger partial charge in [-0.25, -0.2) is 15.0 Å². The maximum Gasteiger partial charge on any atom is 0.139 e. The van der Waals surface area contributed by atoms with E-state index in [1.807, 2.05) is 38.5 Å². The molecule has 18 heavy (non-hydrogen) atoms. The molecule has 3 aromatic heterocycles. The van der Waals surface area contributed by atoms with Crippen molar-refractivity contribution in [1.29, 1.82) is 0 Å². The lowest BCUT2D eigenvalue weighted by Gasteiger charge is -2.09. The summed E-state index contributed by atoms with van der Waals surface area (Å²) in [6, 6.07) is 3.90. The lowest BCUT2D eigenvalue weighted by atomic mass is 10.1. The lowest BCUT2D eigenvalue weighted by Crippen LogP contribution is -1.97. The number of rotatable bonds is 2. The number of aromatic amines is 1. The Morgan fingerprint density at radius 2 is 2.11 bits per heavy atom. The van der Waals surface area contributed by atoms with Crippen molar-refractivity contribution in [1.82, 2.24) is 19.9 Å². The van der Waals surface area contributed by atoms with Crippen LogP contribution < -0.4 is 5.32 Å². The fourth-order valence-electron chi connectivity index (χ4n) is 2.08. The zero-order valence-electron chi connectivity index (χ0n) is 10.2. The Balaban J connectivity index is 2.28. The van der Waals surface area contributed by atoms with Crippen molar-refractivity contribution >= 4 is 16.7 Å². The highest BCUT2D eigenvalue weighted by atomic mass is 14.9. The number of H-pyrrole nitrogens is 1. The van der Waals surface area contributed by atoms with E-state index in [0.717, 1.165) is 33.8 Å². The number of nitrogens with one attached hydrogen (secondary N) is 2. The summed E-state index contributed by atoms with van der Waals surface area (Å²) < 4.78 is 0. The Hall–Kier alpha value is -2.43. The molecule has 5 heteroatoms. The first kappa shape index (κ1) is 10.7. The number of aryl methyl sites for hydroxylation is 1. The Morgan fingerprint density at radius 3 is 2.89 bits per heavy atom. The minimum atomic E-state index is 0.753. The first-order valence-electron chi connectivity index (χ1n) is 5.73. The molecule has 0 atom stereocenters. The van der Waals surface area contributed by atoms with Gasteiger partial charge in [0.1, 0.15) is 11.5 Å². The molecule has 0 bridgehead atoms. The summed E-state index contributed by atoms with van der Waals surface area (Å²) in [7, 11) is 1.90. The fourth-order valence-corrected chi connectivity index (χ4v) is 2.08. The van der Waals surface area contributed by atoms with Crippen LogP contribution in [0.15, 0.2) is 30.7 Å². The molecule has 0 aromatic carbocycles. The molecule has 0 fully saturated rings. The van der Waals surface area contributed by atoms with Crippen molar-refractivity contribution in [3.63, 3.8) is 0 Å². The van der Waals surface area contributed by atoms with Gasteiger partial charge >= 0.3 is 0 Å². The van der Waals surface area contributed by atoms with Gasteiger partial charge in [-0.05, 0) is 19.1 Å². The summed E-state index contributed by atoms with van der Waals surface area (Å²) in [5.41, 5.74) is 3.76. The average Bonchev–Trinajstić information content (AvgIpc) is 2.85. The molecule has 5 nitrogen and oxygen atoms in total. The SMILES string of the molecule is CNc1c(-c2ccnc(C)n2)cnc2[nH]ccc12. The Morgan fingerprint density at radius 1 is 1.22 bits per heavy atom. The third-order valence-electron chi connectivity index (χ3n) is 2.89. The van der Waals surface area contributed by atoms with Crippen LogP contribution in [0, 0.1) is 6.92 Å². The van der Waals surface area contributed by atoms with E-state index in [-0.39, 0.29) is 0 Å². The topological polar surface area (TPSA) is 66.5 Å². The fraction of sp³-hybridized carbons (Fsp3) is 0.154. The Kier molecular flexibility index (Phi) is 2.44. The first-order valence-corrected chi connectivity index (χ1v) is 5.73. The molecular formula is C13H13N5. The van der Waals surface area contributed by atoms with E-state index in [0.29, 0.717) is 0 Å². The molecular weight excluding hydrogens is 226 g/mol. The maximum absolute atomic E-state index is 4.44. The first-order chi connectivity index (χ1) is 8.79. The Bertz CT molecular complexity index is 701. The van der Waals surface area contributed by atoms with Crippen LogP contribution in [0.2, 0.25) is 0 Å². The predicted molar refractivity (Wildman–Crippen MR) is 71.4 cm³/mol. The van der Waals surface area contributed by atoms with Crippen molar-refractivity contribution in [2.24, 2.45) is 0 Å². The van der Waals surface area contributed by atoms with Gasteiger partial charge in [-0.15, -0.1) is 0 Å². The third-order valence-corrected chi connectivity index (χ3v) is 2.89. The minimum Gasteiger partial charge on any atom is -0.387 e. The molecule has 2 N–H and O–H groups in total. The second kappa shape index (κ2) is 4.10. The molecule has 0 radical (unpaired) electrons. The van der Waals surface area contributed by atoms with E-state index in [1.165, 1.54) is 0 Å². The van der Waals surface area contributed by atoms with Gasteiger partial charge in [0.05, 0.1) is 11.4 Å². The summed E-state index contributed by atoms with van der Waals surface area (Å²) in [6.45, 7) is 1.88. The van der Waals surface area contributed by atoms with Crippen molar-refractivity contribution in [3.8, 4) is 11.3 Å². The largest absolute Gasteiger partial charge is 0.387 e. The standard InChI is InChI=1S/C13H13N5/c1-8-15-6-4-11(18-8)10-7-17-13-9(3-5-16-13)12(10)14-2/h3-7H,1-2H3,(H2,14,16,17). The van der Waals surface area contributed by atoms with E-state index in [1.54, 1.807) is 6.20 Å². The number of hydrogen-bond donors (Lipinski definition) is 2. The highest BCUT2D eigenvalue weighted by Crippen LogP contribution is 2.31. The van der Waals surface area contributed by atoms with Crippen LogP contribution in [0.1, 0.15) is 5.82 Å². The van der Waals surface area contributed by atoms with Crippen LogP contribution >= 0.6 is 0 Å². The van der Waals surface area contributed by atoms with Gasteiger partial charge in [0.2, 0.25) is 0 Å². The molecule has 0 aliphatic heterocycles. The number of fused-ring (bicyclic) bond motifs is 1. The van der Waals surface area contributed by atoms with Crippen molar-refractivity contribution in [2.45, 2.75) is 6.92 Å². The zero-order chi connectivity index (χ0) is 12.5. The van der Waals surface area contributed by atoms with Crippen molar-refractivity contribution < 1.29 is 0 Å². The van der Waals surface area contributed by atoms with Gasteiger partial charge in [-0.3, -0.25) is 0 Å². The number of aromatic nitrogens is 4. The minimum absolute atomic E-state index is 0.753. The second-order valence-electron chi connectivity index (χ2n) is 4.03. The van der Waals surface area contributed by atoms with Gasteiger partial charge in [-0.2, -0.15) is 0 Å². The van der Waals surface area contributed by atoms with Crippen LogP contribution in [0.3, 0.4) is 0 Å². The zero-order valence-corrected chi connectivity index (χ0v) is 10.2. The summed E-state index contributed by atoms with van der Waals surface area (Å²) in [4.78, 5) is 16.1. The summed E-state index contributed by atoms with van der Waals surface area (Å²) >= 11 is 0. The van der Waals surface area contributed by atoms with Crippen LogP contribution in [-0.2, 0) is 0 Å². The van der Waals surface area contributed by atoms with Crippen LogP contribution in [0.4, 0.5) is 5.69 Å². The normalized spacial score (nSPS) is 10.8. The number of hydrogen-bond acceptors (Lipinski definition) is 4. The molecule has 90 valence electrons. The molecule has 0 spiro atoms. The second-order valence-corrected chi connectivity index (χ2v) is 4.03. The third kappa shape index (κ3) is 1.60. The van der Waals surface area contributed by atoms with Crippen molar-refractivity contribution in [3.05, 3.63) is 36.5 Å². The lowest BCUT2D eigenvalue weighted by molar-refractivity contribution is 1.06. The maximum atomic E-state index is 4.44. The van der Waals surface area contributed by atoms with Crippen LogP contribution in [-0.4, -0.2) is 27.0 Å². The molecule has 3 rings (SSSR count). The molecule has 0 aliphatic rings. The summed E-state index contributed by atoms with van der Waals surface area (Å²) in [5.74, 6) is 0.753. The van der Waals surface area contributed by atoms with Gasteiger partial charge in [0.15, 0.2) is 0 Å². The molecule has 0 aliphatic carbocycles. The molecule has 0 saturated heterocycles. The molecule has 3 heterocycles. The predicted octanol–water partition coefficient (Wildman–Crippen LogP) is 2.37. The smallest absolute Gasteiger partial charge is 0.139 e. The van der Waals surface area contributed by atoms with E-state index in [2.05, 4.69) is 25.3 Å². The van der Waals surface area contributed by atoms with Crippen molar-refractivity contribution in [2.75, 3.05) is 12.4 Å².